The molecular formula is C10H14Cl2N2O2. The van der Waals surface area contributed by atoms with E-state index in [1.807, 2.05) is 13.8 Å². The Morgan fingerprint density at radius 3 is 2.81 bits per heavy atom. The molecule has 1 aromatic rings. The van der Waals surface area contributed by atoms with Crippen LogP contribution in [0.4, 0.5) is 0 Å². The van der Waals surface area contributed by atoms with Crippen LogP contribution in [0.15, 0.2) is 11.0 Å². The number of hydrogen-bond acceptors (Lipinski definition) is 3. The molecule has 0 N–H and O–H groups in total. The van der Waals surface area contributed by atoms with E-state index in [4.69, 9.17) is 27.9 Å². The topological polar surface area (TPSA) is 44.1 Å². The molecule has 1 aromatic heterocycles. The number of hydrogen-bond donors (Lipinski definition) is 0. The van der Waals surface area contributed by atoms with E-state index in [0.29, 0.717) is 24.7 Å². The lowest BCUT2D eigenvalue weighted by Crippen LogP contribution is -2.25. The largest absolute Gasteiger partial charge is 0.490 e. The molecule has 0 aromatic carbocycles. The Morgan fingerprint density at radius 1 is 1.56 bits per heavy atom. The summed E-state index contributed by atoms with van der Waals surface area (Å²) in [5, 5.41) is 4.05. The van der Waals surface area contributed by atoms with Crippen LogP contribution in [0.25, 0.3) is 0 Å². The molecule has 0 aliphatic heterocycles. The molecule has 0 spiro atoms. The van der Waals surface area contributed by atoms with E-state index < -0.39 is 0 Å². The molecular weight excluding hydrogens is 251 g/mol. The van der Waals surface area contributed by atoms with Gasteiger partial charge in [0.1, 0.15) is 0 Å². The Labute approximate surface area is 104 Å². The van der Waals surface area contributed by atoms with Crippen LogP contribution in [0.1, 0.15) is 26.3 Å². The third-order valence-electron chi connectivity index (χ3n) is 1.94. The smallest absolute Gasteiger partial charge is 0.289 e. The Kier molecular flexibility index (Phi) is 5.09. The van der Waals surface area contributed by atoms with Gasteiger partial charge < -0.3 is 4.74 Å². The van der Waals surface area contributed by atoms with Gasteiger partial charge in [-0.15, -0.1) is 11.6 Å². The first-order valence-corrected chi connectivity index (χ1v) is 5.95. The van der Waals surface area contributed by atoms with E-state index in [-0.39, 0.29) is 16.6 Å². The highest BCUT2D eigenvalue weighted by molar-refractivity contribution is 6.31. The molecule has 6 heteroatoms. The van der Waals surface area contributed by atoms with Crippen molar-refractivity contribution < 1.29 is 4.74 Å². The van der Waals surface area contributed by atoms with Gasteiger partial charge in [-0.05, 0) is 20.3 Å². The van der Waals surface area contributed by atoms with Crippen LogP contribution in [0, 0.1) is 0 Å². The van der Waals surface area contributed by atoms with Crippen LogP contribution in [0.3, 0.4) is 0 Å². The van der Waals surface area contributed by atoms with Crippen molar-refractivity contribution >= 4 is 23.2 Å². The van der Waals surface area contributed by atoms with Gasteiger partial charge in [0.15, 0.2) is 10.8 Å². The first-order valence-electron chi connectivity index (χ1n) is 5.04. The number of rotatable bonds is 5. The minimum absolute atomic E-state index is 0.0260. The fourth-order valence-electron chi connectivity index (χ4n) is 1.13. The highest BCUT2D eigenvalue weighted by atomic mass is 35.5. The van der Waals surface area contributed by atoms with Gasteiger partial charge >= 0.3 is 0 Å². The van der Waals surface area contributed by atoms with Gasteiger partial charge in [0.2, 0.25) is 0 Å². The number of nitrogens with zero attached hydrogens (tertiary/aromatic N) is 2. The Balaban J connectivity index is 2.90. The summed E-state index contributed by atoms with van der Waals surface area (Å²) in [4.78, 5) is 11.7. The van der Waals surface area contributed by atoms with E-state index in [9.17, 15) is 4.79 Å². The SMILES string of the molecule is CC(C)n1ncc(OCCCCl)c(Cl)c1=O. The molecule has 4 nitrogen and oxygen atoms in total. The molecule has 0 atom stereocenters. The molecule has 0 fully saturated rings. The fourth-order valence-corrected chi connectivity index (χ4v) is 1.43. The molecule has 0 saturated carbocycles. The number of alkyl halides is 1. The van der Waals surface area contributed by atoms with Crippen molar-refractivity contribution in [2.75, 3.05) is 12.5 Å². The van der Waals surface area contributed by atoms with E-state index >= 15 is 0 Å². The maximum absolute atomic E-state index is 11.7. The standard InChI is InChI=1S/C10H14Cl2N2O2/c1-7(2)14-10(15)9(12)8(6-13-14)16-5-3-4-11/h6-7H,3-5H2,1-2H3. The molecule has 0 aliphatic carbocycles. The average molecular weight is 265 g/mol. The van der Waals surface area contributed by atoms with Crippen LogP contribution >= 0.6 is 23.2 Å². The van der Waals surface area contributed by atoms with Crippen LogP contribution in [0.5, 0.6) is 5.75 Å². The summed E-state index contributed by atoms with van der Waals surface area (Å²) in [5.41, 5.74) is -0.333. The lowest BCUT2D eigenvalue weighted by Gasteiger charge is -2.11. The van der Waals surface area contributed by atoms with Crippen molar-refractivity contribution in [1.29, 1.82) is 0 Å². The normalized spacial score (nSPS) is 10.8. The highest BCUT2D eigenvalue weighted by Gasteiger charge is 2.11. The van der Waals surface area contributed by atoms with Gasteiger partial charge in [0.25, 0.3) is 5.56 Å². The molecule has 1 heterocycles. The first kappa shape index (κ1) is 13.3. The minimum Gasteiger partial charge on any atom is -0.490 e. The monoisotopic (exact) mass is 264 g/mol. The summed E-state index contributed by atoms with van der Waals surface area (Å²) in [6, 6.07) is -0.0260. The van der Waals surface area contributed by atoms with Crippen molar-refractivity contribution in [3.63, 3.8) is 0 Å². The molecule has 0 amide bonds. The second kappa shape index (κ2) is 6.11. The number of ether oxygens (including phenoxy) is 1. The van der Waals surface area contributed by atoms with Crippen molar-refractivity contribution in [1.82, 2.24) is 9.78 Å². The average Bonchev–Trinajstić information content (AvgIpc) is 2.24. The predicted octanol–water partition coefficient (Wildman–Crippen LogP) is 2.49. The molecule has 1 rings (SSSR count). The van der Waals surface area contributed by atoms with E-state index in [0.717, 1.165) is 0 Å². The molecule has 0 aliphatic rings. The lowest BCUT2D eigenvalue weighted by atomic mass is 10.4. The Hall–Kier alpha value is -0.740. The lowest BCUT2D eigenvalue weighted by molar-refractivity contribution is 0.313. The molecule has 90 valence electrons. The van der Waals surface area contributed by atoms with Crippen molar-refractivity contribution in [2.45, 2.75) is 26.3 Å². The molecule has 0 radical (unpaired) electrons. The Bertz CT molecular complexity index is 404. The zero-order valence-electron chi connectivity index (χ0n) is 9.24. The van der Waals surface area contributed by atoms with Crippen molar-refractivity contribution in [3.05, 3.63) is 21.6 Å². The van der Waals surface area contributed by atoms with Gasteiger partial charge in [-0.25, -0.2) is 4.68 Å². The molecule has 0 unspecified atom stereocenters. The summed E-state index contributed by atoms with van der Waals surface area (Å²) < 4.78 is 6.62. The zero-order chi connectivity index (χ0) is 12.1. The van der Waals surface area contributed by atoms with Gasteiger partial charge in [-0.3, -0.25) is 4.79 Å². The second-order valence-corrected chi connectivity index (χ2v) is 4.31. The quantitative estimate of drug-likeness (QED) is 0.606. The van der Waals surface area contributed by atoms with Crippen LogP contribution in [0.2, 0.25) is 5.02 Å². The second-order valence-electron chi connectivity index (χ2n) is 3.56. The van der Waals surface area contributed by atoms with Gasteiger partial charge in [-0.2, -0.15) is 5.10 Å². The van der Waals surface area contributed by atoms with Gasteiger partial charge in [0, 0.05) is 5.88 Å². The zero-order valence-corrected chi connectivity index (χ0v) is 10.8. The highest BCUT2D eigenvalue weighted by Crippen LogP contribution is 2.19. The fraction of sp³-hybridized carbons (Fsp3) is 0.600. The third-order valence-corrected chi connectivity index (χ3v) is 2.55. The summed E-state index contributed by atoms with van der Waals surface area (Å²) in [6.07, 6.45) is 2.16. The maximum Gasteiger partial charge on any atom is 0.289 e. The van der Waals surface area contributed by atoms with Crippen LogP contribution < -0.4 is 10.3 Å². The molecule has 16 heavy (non-hydrogen) atoms. The molecule has 0 saturated heterocycles. The maximum atomic E-state index is 11.7. The number of aromatic nitrogens is 2. The summed E-state index contributed by atoms with van der Waals surface area (Å²) >= 11 is 11.4. The summed E-state index contributed by atoms with van der Waals surface area (Å²) in [5.74, 6) is 0.822. The summed E-state index contributed by atoms with van der Waals surface area (Å²) in [6.45, 7) is 4.15. The van der Waals surface area contributed by atoms with Crippen molar-refractivity contribution in [3.8, 4) is 5.75 Å². The Morgan fingerprint density at radius 2 is 2.25 bits per heavy atom. The van der Waals surface area contributed by atoms with Crippen molar-refractivity contribution in [2.24, 2.45) is 0 Å². The first-order chi connectivity index (χ1) is 7.57. The van der Waals surface area contributed by atoms with Gasteiger partial charge in [0.05, 0.1) is 18.8 Å². The predicted molar refractivity (Wildman–Crippen MR) is 64.7 cm³/mol. The van der Waals surface area contributed by atoms with Crippen LogP contribution in [-0.4, -0.2) is 22.3 Å². The minimum atomic E-state index is -0.333. The van der Waals surface area contributed by atoms with Crippen LogP contribution in [-0.2, 0) is 0 Å². The molecule has 0 bridgehead atoms. The number of halogens is 2. The van der Waals surface area contributed by atoms with Gasteiger partial charge in [-0.1, -0.05) is 11.6 Å². The van der Waals surface area contributed by atoms with E-state index in [2.05, 4.69) is 5.10 Å². The third kappa shape index (κ3) is 3.12. The van der Waals surface area contributed by atoms with E-state index in [1.54, 1.807) is 0 Å². The summed E-state index contributed by atoms with van der Waals surface area (Å²) in [7, 11) is 0. The van der Waals surface area contributed by atoms with E-state index in [1.165, 1.54) is 10.9 Å².